The number of anilines is 2. The highest BCUT2D eigenvalue weighted by atomic mass is 16.1. The van der Waals surface area contributed by atoms with Crippen LogP contribution in [0.15, 0.2) is 0 Å². The summed E-state index contributed by atoms with van der Waals surface area (Å²) in [4.78, 5) is 19.8. The van der Waals surface area contributed by atoms with Gasteiger partial charge in [-0.25, -0.2) is 9.97 Å². The monoisotopic (exact) mass is 279 g/mol. The molecule has 1 aromatic rings. The van der Waals surface area contributed by atoms with Gasteiger partial charge in [-0.15, -0.1) is 0 Å². The van der Waals surface area contributed by atoms with Crippen LogP contribution < -0.4 is 16.0 Å². The van der Waals surface area contributed by atoms with Crippen molar-refractivity contribution in [3.8, 4) is 0 Å². The summed E-state index contributed by atoms with van der Waals surface area (Å²) in [5, 5.41) is 9.33. The van der Waals surface area contributed by atoms with Crippen LogP contribution >= 0.6 is 0 Å². The second-order valence-electron chi connectivity index (χ2n) is 4.65. The van der Waals surface area contributed by atoms with Gasteiger partial charge < -0.3 is 16.0 Å². The molecule has 1 aromatic heterocycles. The molecule has 1 rings (SSSR count). The van der Waals surface area contributed by atoms with Crippen LogP contribution in [0.25, 0.3) is 0 Å². The molecule has 112 valence electrons. The van der Waals surface area contributed by atoms with Gasteiger partial charge in [0.1, 0.15) is 17.5 Å². The van der Waals surface area contributed by atoms with Crippen molar-refractivity contribution in [2.24, 2.45) is 0 Å². The van der Waals surface area contributed by atoms with Crippen LogP contribution in [0.1, 0.15) is 38.6 Å². The Hall–Kier alpha value is -1.85. The van der Waals surface area contributed by atoms with Crippen LogP contribution in [0.3, 0.4) is 0 Å². The highest BCUT2D eigenvalue weighted by molar-refractivity contribution is 5.72. The summed E-state index contributed by atoms with van der Waals surface area (Å²) in [5.74, 6) is 2.52. The van der Waals surface area contributed by atoms with E-state index in [9.17, 15) is 4.79 Å². The summed E-state index contributed by atoms with van der Waals surface area (Å²) in [7, 11) is 0. The predicted molar refractivity (Wildman–Crippen MR) is 82.1 cm³/mol. The van der Waals surface area contributed by atoms with Crippen LogP contribution in [-0.2, 0) is 11.2 Å². The lowest BCUT2D eigenvalue weighted by Crippen LogP contribution is -2.26. The average molecular weight is 279 g/mol. The van der Waals surface area contributed by atoms with Crippen molar-refractivity contribution in [3.05, 3.63) is 11.4 Å². The third-order valence-corrected chi connectivity index (χ3v) is 2.84. The molecule has 0 aromatic carbocycles. The van der Waals surface area contributed by atoms with Gasteiger partial charge in [0.05, 0.1) is 0 Å². The summed E-state index contributed by atoms with van der Waals surface area (Å²) in [6.07, 6.45) is 1.84. The second kappa shape index (κ2) is 8.35. The molecule has 0 aliphatic rings. The highest BCUT2D eigenvalue weighted by Crippen LogP contribution is 2.20. The fourth-order valence-corrected chi connectivity index (χ4v) is 1.73. The minimum atomic E-state index is -0.0224. The zero-order valence-electron chi connectivity index (χ0n) is 12.8. The number of carbonyl (C=O) groups excluding carboxylic acids is 1. The Morgan fingerprint density at radius 2 is 1.65 bits per heavy atom. The third-order valence-electron chi connectivity index (χ3n) is 2.84. The quantitative estimate of drug-likeness (QED) is 0.631. The Bertz CT molecular complexity index is 447. The van der Waals surface area contributed by atoms with Crippen molar-refractivity contribution in [2.75, 3.05) is 30.3 Å². The molecule has 0 unspecified atom stereocenters. The second-order valence-corrected chi connectivity index (χ2v) is 4.65. The first kappa shape index (κ1) is 16.2. The van der Waals surface area contributed by atoms with E-state index in [1.165, 1.54) is 6.92 Å². The van der Waals surface area contributed by atoms with E-state index in [2.05, 4.69) is 32.8 Å². The molecular weight excluding hydrogens is 254 g/mol. The number of aromatic nitrogens is 2. The molecular formula is C14H25N5O. The summed E-state index contributed by atoms with van der Waals surface area (Å²) >= 11 is 0. The van der Waals surface area contributed by atoms with E-state index in [0.29, 0.717) is 13.1 Å². The molecule has 20 heavy (non-hydrogen) atoms. The molecule has 0 aliphatic heterocycles. The van der Waals surface area contributed by atoms with Crippen LogP contribution in [0.4, 0.5) is 11.6 Å². The highest BCUT2D eigenvalue weighted by Gasteiger charge is 2.09. The van der Waals surface area contributed by atoms with Crippen LogP contribution in [0.5, 0.6) is 0 Å². The van der Waals surface area contributed by atoms with E-state index in [-0.39, 0.29) is 5.91 Å². The maximum Gasteiger partial charge on any atom is 0.216 e. The van der Waals surface area contributed by atoms with Crippen molar-refractivity contribution in [1.29, 1.82) is 0 Å². The smallest absolute Gasteiger partial charge is 0.216 e. The van der Waals surface area contributed by atoms with Gasteiger partial charge in [0.25, 0.3) is 0 Å². The number of nitrogens with zero attached hydrogens (tertiary/aromatic N) is 2. The largest absolute Gasteiger partial charge is 0.370 e. The summed E-state index contributed by atoms with van der Waals surface area (Å²) in [6.45, 7) is 9.79. The number of hydrogen-bond acceptors (Lipinski definition) is 5. The number of carbonyl (C=O) groups is 1. The molecule has 0 aliphatic carbocycles. The topological polar surface area (TPSA) is 78.9 Å². The predicted octanol–water partition coefficient (Wildman–Crippen LogP) is 1.72. The lowest BCUT2D eigenvalue weighted by molar-refractivity contribution is -0.118. The van der Waals surface area contributed by atoms with Gasteiger partial charge in [0.2, 0.25) is 5.91 Å². The Kier molecular flexibility index (Phi) is 6.76. The lowest BCUT2D eigenvalue weighted by Gasteiger charge is -2.14. The van der Waals surface area contributed by atoms with Gasteiger partial charge in [0, 0.05) is 38.5 Å². The van der Waals surface area contributed by atoms with E-state index < -0.39 is 0 Å². The Balaban J connectivity index is 2.74. The molecule has 0 saturated heterocycles. The van der Waals surface area contributed by atoms with Gasteiger partial charge in [-0.1, -0.05) is 13.8 Å². The molecule has 0 atom stereocenters. The van der Waals surface area contributed by atoms with E-state index >= 15 is 0 Å². The van der Waals surface area contributed by atoms with E-state index in [1.54, 1.807) is 0 Å². The standard InChI is InChI=1S/C14H25N5O/c1-5-7-16-13-10(3)14(19-12(6-2)18-13)17-9-8-15-11(4)20/h5-9H2,1-4H3,(H,15,20)(H2,16,17,18,19). The molecule has 6 heteroatoms. The molecule has 0 saturated carbocycles. The third kappa shape index (κ3) is 5.03. The fourth-order valence-electron chi connectivity index (χ4n) is 1.73. The van der Waals surface area contributed by atoms with E-state index in [0.717, 1.165) is 42.4 Å². The van der Waals surface area contributed by atoms with Crippen molar-refractivity contribution >= 4 is 17.5 Å². The van der Waals surface area contributed by atoms with Crippen LogP contribution in [-0.4, -0.2) is 35.5 Å². The summed E-state index contributed by atoms with van der Waals surface area (Å²) in [6, 6.07) is 0. The first-order chi connectivity index (χ1) is 9.58. The first-order valence-corrected chi connectivity index (χ1v) is 7.18. The summed E-state index contributed by atoms with van der Waals surface area (Å²) in [5.41, 5.74) is 1.01. The SMILES string of the molecule is CCCNc1nc(CC)nc(NCCNC(C)=O)c1C. The Labute approximate surface area is 120 Å². The average Bonchev–Trinajstić information content (AvgIpc) is 2.43. The first-order valence-electron chi connectivity index (χ1n) is 7.18. The normalized spacial score (nSPS) is 10.2. The fraction of sp³-hybridized carbons (Fsp3) is 0.643. The van der Waals surface area contributed by atoms with Crippen molar-refractivity contribution < 1.29 is 4.79 Å². The van der Waals surface area contributed by atoms with Gasteiger partial charge in [-0.3, -0.25) is 4.79 Å². The number of hydrogen-bond donors (Lipinski definition) is 3. The Morgan fingerprint density at radius 3 is 2.15 bits per heavy atom. The molecule has 1 amide bonds. The molecule has 6 nitrogen and oxygen atoms in total. The van der Waals surface area contributed by atoms with Gasteiger partial charge in [-0.05, 0) is 13.3 Å². The maximum atomic E-state index is 10.8. The summed E-state index contributed by atoms with van der Waals surface area (Å²) < 4.78 is 0. The number of nitrogens with one attached hydrogen (secondary N) is 3. The molecule has 0 bridgehead atoms. The molecule has 0 radical (unpaired) electrons. The van der Waals surface area contributed by atoms with Crippen LogP contribution in [0.2, 0.25) is 0 Å². The van der Waals surface area contributed by atoms with Crippen molar-refractivity contribution in [3.63, 3.8) is 0 Å². The molecule has 1 heterocycles. The van der Waals surface area contributed by atoms with Gasteiger partial charge in [0.15, 0.2) is 0 Å². The molecule has 3 N–H and O–H groups in total. The zero-order valence-corrected chi connectivity index (χ0v) is 12.8. The van der Waals surface area contributed by atoms with Gasteiger partial charge in [-0.2, -0.15) is 0 Å². The minimum absolute atomic E-state index is 0.0224. The van der Waals surface area contributed by atoms with E-state index in [4.69, 9.17) is 0 Å². The lowest BCUT2D eigenvalue weighted by atomic mass is 10.2. The molecule has 0 fully saturated rings. The minimum Gasteiger partial charge on any atom is -0.370 e. The number of aryl methyl sites for hydroxylation is 1. The Morgan fingerprint density at radius 1 is 1.05 bits per heavy atom. The van der Waals surface area contributed by atoms with Crippen molar-refractivity contribution in [1.82, 2.24) is 15.3 Å². The van der Waals surface area contributed by atoms with Crippen LogP contribution in [0, 0.1) is 6.92 Å². The number of rotatable bonds is 8. The van der Waals surface area contributed by atoms with E-state index in [1.807, 2.05) is 13.8 Å². The van der Waals surface area contributed by atoms with Gasteiger partial charge >= 0.3 is 0 Å². The van der Waals surface area contributed by atoms with Crippen molar-refractivity contribution in [2.45, 2.75) is 40.5 Å². The number of amides is 1. The maximum absolute atomic E-state index is 10.8. The zero-order chi connectivity index (χ0) is 15.0. The molecule has 0 spiro atoms.